The van der Waals surface area contributed by atoms with Crippen LogP contribution in [0.4, 0.5) is 4.39 Å². The van der Waals surface area contributed by atoms with Gasteiger partial charge in [0.05, 0.1) is 24.5 Å². The van der Waals surface area contributed by atoms with Gasteiger partial charge < -0.3 is 24.4 Å². The molecule has 0 unspecified atom stereocenters. The molecule has 1 aromatic rings. The van der Waals surface area contributed by atoms with E-state index < -0.39 is 58.4 Å². The molecule has 218 valence electrons. The molecule has 1 saturated heterocycles. The maximum atomic E-state index is 17.9. The van der Waals surface area contributed by atoms with Crippen molar-refractivity contribution >= 4 is 11.9 Å². The topological polar surface area (TPSA) is 103 Å². The number of ether oxygens (including phenoxy) is 3. The summed E-state index contributed by atoms with van der Waals surface area (Å²) in [6.07, 6.45) is 4.88. The Morgan fingerprint density at radius 3 is 2.77 bits per heavy atom. The van der Waals surface area contributed by atoms with Gasteiger partial charge in [-0.05, 0) is 63.5 Å². The summed E-state index contributed by atoms with van der Waals surface area (Å²) < 4.78 is 37.4. The summed E-state index contributed by atoms with van der Waals surface area (Å²) in [6, 6.07) is 0. The second kappa shape index (κ2) is 9.20. The summed E-state index contributed by atoms with van der Waals surface area (Å²) in [5.41, 5.74) is -2.35. The van der Waals surface area contributed by atoms with Crippen molar-refractivity contribution in [3.8, 4) is 11.8 Å². The molecular formula is C31H41FN2O6. The molecule has 8 atom stereocenters. The maximum absolute atomic E-state index is 17.9. The predicted octanol–water partition coefficient (Wildman–Crippen LogP) is 3.23. The lowest BCUT2D eigenvalue weighted by molar-refractivity contribution is -0.250. The number of allylic oxidation sites excluding steroid dienone is 1. The van der Waals surface area contributed by atoms with Gasteiger partial charge in [0.1, 0.15) is 18.8 Å². The highest BCUT2D eigenvalue weighted by molar-refractivity contribution is 5.91. The molecule has 40 heavy (non-hydrogen) atoms. The fourth-order valence-electron chi connectivity index (χ4n) is 9.28. The largest absolute Gasteiger partial charge is 0.390 e. The van der Waals surface area contributed by atoms with Gasteiger partial charge >= 0.3 is 0 Å². The molecule has 0 aromatic carbocycles. The molecule has 2 heterocycles. The predicted molar refractivity (Wildman–Crippen MR) is 145 cm³/mol. The number of aromatic nitrogens is 2. The summed E-state index contributed by atoms with van der Waals surface area (Å²) in [5.74, 6) is 3.99. The van der Waals surface area contributed by atoms with Crippen molar-refractivity contribution in [1.29, 1.82) is 0 Å². The Hall–Kier alpha value is -2.09. The Balaban J connectivity index is 1.34. The molecule has 2 N–H and O–H groups in total. The zero-order valence-electron chi connectivity index (χ0n) is 24.1. The molecule has 9 heteroatoms. The van der Waals surface area contributed by atoms with Gasteiger partial charge in [0.25, 0.3) is 0 Å². The average Bonchev–Trinajstić information content (AvgIpc) is 3.48. The Morgan fingerprint density at radius 1 is 1.27 bits per heavy atom. The molecular weight excluding hydrogens is 515 g/mol. The van der Waals surface area contributed by atoms with E-state index in [0.717, 1.165) is 16.8 Å². The minimum Gasteiger partial charge on any atom is -0.390 e. The van der Waals surface area contributed by atoms with E-state index >= 15 is 4.39 Å². The SMILES string of the molecule is COCCC#CCn1cc2c(n1)C=C1CC[C@H]3[C@@H]4C[C@H]5OC(C)(C)O[C@@]5(C(=O)CO)[C@@]4(C)C[C@H](O)[C@]3(F)[C@@]1(C)C2. The van der Waals surface area contributed by atoms with E-state index in [0.29, 0.717) is 45.3 Å². The zero-order chi connectivity index (χ0) is 28.7. The number of alkyl halides is 1. The van der Waals surface area contributed by atoms with Gasteiger partial charge in [-0.25, -0.2) is 4.39 Å². The molecule has 1 aromatic heterocycles. The molecule has 5 aliphatic rings. The number of Topliss-reactive ketones (excluding diaryl/α,β-unsaturated/α-hetero) is 1. The summed E-state index contributed by atoms with van der Waals surface area (Å²) >= 11 is 0. The van der Waals surface area contributed by atoms with Crippen LogP contribution in [0.2, 0.25) is 0 Å². The minimum absolute atomic E-state index is 0.0540. The summed E-state index contributed by atoms with van der Waals surface area (Å²) in [7, 11) is 1.65. The lowest BCUT2D eigenvalue weighted by Crippen LogP contribution is -2.70. The highest BCUT2D eigenvalue weighted by Crippen LogP contribution is 2.72. The van der Waals surface area contributed by atoms with Gasteiger partial charge in [0.15, 0.2) is 17.2 Å². The van der Waals surface area contributed by atoms with E-state index in [1.54, 1.807) is 25.6 Å². The van der Waals surface area contributed by atoms with Gasteiger partial charge in [0, 0.05) is 36.5 Å². The third-order valence-electron chi connectivity index (χ3n) is 10.9. The van der Waals surface area contributed by atoms with Crippen molar-refractivity contribution in [3.05, 3.63) is 23.0 Å². The first-order valence-electron chi connectivity index (χ1n) is 14.5. The molecule has 0 amide bonds. The van der Waals surface area contributed by atoms with Crippen LogP contribution in [0.25, 0.3) is 6.08 Å². The molecule has 0 bridgehead atoms. The normalized spacial score (nSPS) is 42.5. The quantitative estimate of drug-likeness (QED) is 0.424. The van der Waals surface area contributed by atoms with E-state index in [1.807, 2.05) is 26.1 Å². The number of hydrogen-bond acceptors (Lipinski definition) is 7. The zero-order valence-corrected chi connectivity index (χ0v) is 24.1. The number of carbonyl (C=O) groups excluding carboxylic acids is 1. The number of rotatable bonds is 5. The number of nitrogens with zero attached hydrogens (tertiary/aromatic N) is 2. The van der Waals surface area contributed by atoms with Crippen LogP contribution >= 0.6 is 0 Å². The fraction of sp³-hybridized carbons (Fsp3) is 0.742. The van der Waals surface area contributed by atoms with Crippen LogP contribution < -0.4 is 0 Å². The number of halogens is 1. The first kappa shape index (κ1) is 28.0. The lowest BCUT2D eigenvalue weighted by atomic mass is 9.43. The summed E-state index contributed by atoms with van der Waals surface area (Å²) in [4.78, 5) is 13.4. The van der Waals surface area contributed by atoms with Crippen LogP contribution in [-0.4, -0.2) is 75.4 Å². The van der Waals surface area contributed by atoms with E-state index in [2.05, 4.69) is 11.8 Å². The van der Waals surface area contributed by atoms with E-state index in [4.69, 9.17) is 19.3 Å². The van der Waals surface area contributed by atoms with E-state index in [-0.39, 0.29) is 12.3 Å². The van der Waals surface area contributed by atoms with Crippen LogP contribution in [0.15, 0.2) is 11.8 Å². The maximum Gasteiger partial charge on any atom is 0.193 e. The minimum atomic E-state index is -1.90. The number of methoxy groups -OCH3 is 1. The third-order valence-corrected chi connectivity index (χ3v) is 10.9. The van der Waals surface area contributed by atoms with Crippen LogP contribution in [0.1, 0.15) is 71.1 Å². The van der Waals surface area contributed by atoms with Gasteiger partial charge in [-0.2, -0.15) is 5.10 Å². The van der Waals surface area contributed by atoms with Crippen LogP contribution in [0.3, 0.4) is 0 Å². The number of aliphatic hydroxyl groups is 2. The second-order valence-corrected chi connectivity index (χ2v) is 13.3. The van der Waals surface area contributed by atoms with Crippen molar-refractivity contribution in [2.24, 2.45) is 22.7 Å². The van der Waals surface area contributed by atoms with Crippen LogP contribution in [0.5, 0.6) is 0 Å². The lowest BCUT2D eigenvalue weighted by Gasteiger charge is -2.63. The van der Waals surface area contributed by atoms with Gasteiger partial charge in [0.2, 0.25) is 0 Å². The van der Waals surface area contributed by atoms with E-state index in [9.17, 15) is 15.0 Å². The Morgan fingerprint density at radius 2 is 2.05 bits per heavy atom. The first-order valence-corrected chi connectivity index (χ1v) is 14.5. The van der Waals surface area contributed by atoms with Crippen molar-refractivity contribution in [2.75, 3.05) is 20.3 Å². The molecule has 3 saturated carbocycles. The Bertz CT molecular complexity index is 1310. The second-order valence-electron chi connectivity index (χ2n) is 13.3. The third kappa shape index (κ3) is 3.56. The highest BCUT2D eigenvalue weighted by atomic mass is 19.1. The molecule has 6 rings (SSSR count). The molecule has 0 spiro atoms. The fourth-order valence-corrected chi connectivity index (χ4v) is 9.28. The number of fused-ring (bicyclic) bond motifs is 8. The first-order chi connectivity index (χ1) is 18.9. The van der Waals surface area contributed by atoms with Crippen LogP contribution in [0, 0.1) is 34.5 Å². The van der Waals surface area contributed by atoms with Crippen LogP contribution in [-0.2, 0) is 32.0 Å². The molecule has 4 aliphatic carbocycles. The smallest absolute Gasteiger partial charge is 0.193 e. The number of carbonyl (C=O) groups is 1. The average molecular weight is 557 g/mol. The standard InChI is InChI=1S/C31H41FN2O6/c1-27(2)39-26-14-22-21-10-9-20-13-23-19(17-34(33-23)11-7-6-8-12-38-5)15-28(20,3)30(21,32)24(36)16-29(22,4)31(26,40-27)25(37)18-35/h13,17,21-22,24,26,35-36H,8-12,14-16,18H2,1-5H3/t21-,22-,24-,26+,28-,29-,30-,31+/m0/s1. The van der Waals surface area contributed by atoms with Gasteiger partial charge in [-0.3, -0.25) is 9.48 Å². The van der Waals surface area contributed by atoms with Gasteiger partial charge in [-0.1, -0.05) is 31.3 Å². The summed E-state index contributed by atoms with van der Waals surface area (Å²) in [6.45, 7) is 7.75. The summed E-state index contributed by atoms with van der Waals surface area (Å²) in [5, 5.41) is 26.5. The number of ketones is 1. The molecule has 1 aliphatic heterocycles. The van der Waals surface area contributed by atoms with Crippen molar-refractivity contribution in [3.63, 3.8) is 0 Å². The molecule has 8 nitrogen and oxygen atoms in total. The van der Waals surface area contributed by atoms with Crippen molar-refractivity contribution in [2.45, 2.75) is 102 Å². The molecule has 4 fully saturated rings. The Kier molecular flexibility index (Phi) is 6.45. The monoisotopic (exact) mass is 556 g/mol. The van der Waals surface area contributed by atoms with E-state index in [1.165, 1.54) is 0 Å². The number of hydrogen-bond donors (Lipinski definition) is 2. The van der Waals surface area contributed by atoms with Crippen molar-refractivity contribution < 1.29 is 33.6 Å². The Labute approximate surface area is 235 Å². The van der Waals surface area contributed by atoms with Gasteiger partial charge in [-0.15, -0.1) is 0 Å². The van der Waals surface area contributed by atoms with Crippen molar-refractivity contribution in [1.82, 2.24) is 9.78 Å². The molecule has 0 radical (unpaired) electrons. The number of aliphatic hydroxyl groups excluding tert-OH is 2. The highest BCUT2D eigenvalue weighted by Gasteiger charge is 2.80.